The van der Waals surface area contributed by atoms with Crippen LogP contribution in [0.2, 0.25) is 0 Å². The normalized spacial score (nSPS) is 16.8. The number of rotatable bonds is 7. The molecule has 0 unspecified atom stereocenters. The second kappa shape index (κ2) is 9.18. The van der Waals surface area contributed by atoms with E-state index in [0.717, 1.165) is 33.6 Å². The van der Waals surface area contributed by atoms with Gasteiger partial charge in [-0.15, -0.1) is 0 Å². The minimum atomic E-state index is 0.0261. The summed E-state index contributed by atoms with van der Waals surface area (Å²) in [6.07, 6.45) is 3.71. The zero-order chi connectivity index (χ0) is 21.0. The van der Waals surface area contributed by atoms with E-state index >= 15 is 0 Å². The van der Waals surface area contributed by atoms with Gasteiger partial charge in [0.25, 0.3) is 5.91 Å². The van der Waals surface area contributed by atoms with Crippen LogP contribution in [0, 0.1) is 13.8 Å². The first kappa shape index (κ1) is 21.0. The van der Waals surface area contributed by atoms with Crippen LogP contribution in [0.3, 0.4) is 0 Å². The Hall–Kier alpha value is -2.73. The molecule has 1 aliphatic rings. The number of carbonyl (C=O) groups excluding carboxylic acids is 1. The van der Waals surface area contributed by atoms with E-state index in [0.29, 0.717) is 24.6 Å². The maximum absolute atomic E-state index is 12.8. The van der Waals surface area contributed by atoms with Crippen LogP contribution in [0.25, 0.3) is 11.8 Å². The lowest BCUT2D eigenvalue weighted by Gasteiger charge is -2.11. The molecule has 152 valence electrons. The molecule has 0 N–H and O–H groups in total. The minimum Gasteiger partial charge on any atom is -0.490 e. The summed E-state index contributed by atoms with van der Waals surface area (Å²) in [4.78, 5) is 19.7. The van der Waals surface area contributed by atoms with Gasteiger partial charge in [-0.2, -0.15) is 0 Å². The van der Waals surface area contributed by atoms with Crippen LogP contribution in [0.4, 0.5) is 0 Å². The lowest BCUT2D eigenvalue weighted by Crippen LogP contribution is -2.28. The van der Waals surface area contributed by atoms with E-state index in [-0.39, 0.29) is 5.91 Å². The van der Waals surface area contributed by atoms with Crippen molar-refractivity contribution in [3.63, 3.8) is 0 Å². The Kier molecular flexibility index (Phi) is 6.64. The number of aryl methyl sites for hydroxylation is 1. The van der Waals surface area contributed by atoms with Crippen LogP contribution in [0.5, 0.6) is 5.75 Å². The molecule has 6 heteroatoms. The lowest BCUT2D eigenvalue weighted by atomic mass is 10.2. The summed E-state index contributed by atoms with van der Waals surface area (Å²) in [6.45, 7) is 13.6. The quantitative estimate of drug-likeness (QED) is 0.479. The summed E-state index contributed by atoms with van der Waals surface area (Å²) in [7, 11) is 0. The van der Waals surface area contributed by atoms with Crippen LogP contribution >= 0.6 is 11.8 Å². The molecular formula is C23H27N3O2S. The highest BCUT2D eigenvalue weighted by Gasteiger charge is 2.32. The Labute approximate surface area is 176 Å². The molecule has 0 bridgehead atoms. The van der Waals surface area contributed by atoms with Crippen molar-refractivity contribution in [1.82, 2.24) is 9.47 Å². The molecule has 1 aromatic heterocycles. The molecule has 5 nitrogen and oxygen atoms in total. The van der Waals surface area contributed by atoms with E-state index in [9.17, 15) is 4.79 Å². The monoisotopic (exact) mass is 409 g/mol. The van der Waals surface area contributed by atoms with Gasteiger partial charge in [-0.1, -0.05) is 12.7 Å². The van der Waals surface area contributed by atoms with Crippen molar-refractivity contribution in [3.8, 4) is 11.4 Å². The third kappa shape index (κ3) is 4.32. The molecule has 1 aromatic carbocycles. The van der Waals surface area contributed by atoms with E-state index in [2.05, 4.69) is 36.1 Å². The van der Waals surface area contributed by atoms with Gasteiger partial charge in [0.1, 0.15) is 12.4 Å². The Morgan fingerprint density at radius 1 is 1.21 bits per heavy atom. The molecular weight excluding hydrogens is 382 g/mol. The fraction of sp³-hybridized carbons (Fsp3) is 0.304. The van der Waals surface area contributed by atoms with Gasteiger partial charge < -0.3 is 9.30 Å². The molecule has 0 radical (unpaired) electrons. The van der Waals surface area contributed by atoms with Crippen LogP contribution in [-0.2, 0) is 4.79 Å². The second-order valence-corrected chi connectivity index (χ2v) is 7.68. The maximum atomic E-state index is 12.8. The zero-order valence-electron chi connectivity index (χ0n) is 17.4. The van der Waals surface area contributed by atoms with Crippen molar-refractivity contribution >= 4 is 28.9 Å². The zero-order valence-corrected chi connectivity index (χ0v) is 18.3. The molecule has 2 heterocycles. The minimum absolute atomic E-state index is 0.0261. The van der Waals surface area contributed by atoms with Gasteiger partial charge in [-0.25, -0.2) is 0 Å². The SMILES string of the molecule is C=CCOc1ccc(-n2c(C)cc(/C=C3\SC(=NCC)N(CC)C3=O)c2C)cc1. The Balaban J connectivity index is 1.92. The van der Waals surface area contributed by atoms with Gasteiger partial charge >= 0.3 is 0 Å². The smallest absolute Gasteiger partial charge is 0.266 e. The van der Waals surface area contributed by atoms with E-state index in [1.807, 2.05) is 44.2 Å². The number of nitrogens with zero attached hydrogens (tertiary/aromatic N) is 3. The number of benzene rings is 1. The van der Waals surface area contributed by atoms with E-state index < -0.39 is 0 Å². The molecule has 0 saturated carbocycles. The predicted molar refractivity (Wildman–Crippen MR) is 122 cm³/mol. The van der Waals surface area contributed by atoms with Gasteiger partial charge in [-0.3, -0.25) is 14.7 Å². The number of ether oxygens (including phenoxy) is 1. The summed E-state index contributed by atoms with van der Waals surface area (Å²) in [5, 5.41) is 0.787. The third-order valence-corrected chi connectivity index (χ3v) is 5.76. The number of amides is 1. The van der Waals surface area contributed by atoms with Crippen LogP contribution in [0.15, 0.2) is 52.9 Å². The van der Waals surface area contributed by atoms with Crippen LogP contribution in [-0.4, -0.2) is 40.2 Å². The fourth-order valence-electron chi connectivity index (χ4n) is 3.36. The number of aliphatic imine (C=N–C) groups is 1. The third-order valence-electron chi connectivity index (χ3n) is 4.72. The number of carbonyl (C=O) groups is 1. The predicted octanol–water partition coefficient (Wildman–Crippen LogP) is 4.97. The van der Waals surface area contributed by atoms with Crippen LogP contribution < -0.4 is 4.74 Å². The summed E-state index contributed by atoms with van der Waals surface area (Å²) in [5.41, 5.74) is 4.30. The standard InChI is InChI=1S/C23H27N3O2S/c1-6-13-28-20-11-9-19(10-12-20)26-16(4)14-18(17(26)5)15-21-22(27)25(8-3)23(29-21)24-7-2/h6,9-12,14-15H,1,7-8,13H2,2-5H3/b21-15-,24-23?. The number of likely N-dealkylation sites (N-methyl/N-ethyl adjacent to an activating group) is 1. The Bertz CT molecular complexity index is 971. The first-order valence-corrected chi connectivity index (χ1v) is 10.6. The summed E-state index contributed by atoms with van der Waals surface area (Å²) >= 11 is 1.45. The van der Waals surface area contributed by atoms with Crippen LogP contribution in [0.1, 0.15) is 30.8 Å². The van der Waals surface area contributed by atoms with Gasteiger partial charge in [0.15, 0.2) is 5.17 Å². The lowest BCUT2D eigenvalue weighted by molar-refractivity contribution is -0.122. The summed E-state index contributed by atoms with van der Waals surface area (Å²) in [6, 6.07) is 10.1. The van der Waals surface area contributed by atoms with E-state index in [1.165, 1.54) is 11.8 Å². The summed E-state index contributed by atoms with van der Waals surface area (Å²) in [5.74, 6) is 0.840. The summed E-state index contributed by atoms with van der Waals surface area (Å²) < 4.78 is 7.76. The molecule has 3 rings (SSSR count). The van der Waals surface area contributed by atoms with Gasteiger partial charge in [0, 0.05) is 30.2 Å². The van der Waals surface area contributed by atoms with Crippen molar-refractivity contribution in [2.24, 2.45) is 4.99 Å². The highest BCUT2D eigenvalue weighted by Crippen LogP contribution is 2.34. The first-order chi connectivity index (χ1) is 14.0. The molecule has 1 amide bonds. The van der Waals surface area contributed by atoms with E-state index in [1.54, 1.807) is 11.0 Å². The number of thioether (sulfide) groups is 1. The molecule has 1 fully saturated rings. The van der Waals surface area contributed by atoms with Crippen molar-refractivity contribution in [3.05, 3.63) is 64.8 Å². The fourth-order valence-corrected chi connectivity index (χ4v) is 4.45. The largest absolute Gasteiger partial charge is 0.490 e. The average molecular weight is 410 g/mol. The molecule has 0 spiro atoms. The highest BCUT2D eigenvalue weighted by molar-refractivity contribution is 8.18. The highest BCUT2D eigenvalue weighted by atomic mass is 32.2. The number of amidine groups is 1. The molecule has 29 heavy (non-hydrogen) atoms. The first-order valence-electron chi connectivity index (χ1n) is 9.79. The molecule has 1 saturated heterocycles. The topological polar surface area (TPSA) is 46.8 Å². The van der Waals surface area contributed by atoms with Gasteiger partial charge in [0.2, 0.25) is 0 Å². The van der Waals surface area contributed by atoms with Crippen molar-refractivity contribution < 1.29 is 9.53 Å². The van der Waals surface area contributed by atoms with Crippen molar-refractivity contribution in [2.45, 2.75) is 27.7 Å². The average Bonchev–Trinajstić information content (AvgIpc) is 3.16. The van der Waals surface area contributed by atoms with Gasteiger partial charge in [-0.05, 0) is 81.4 Å². The van der Waals surface area contributed by atoms with E-state index in [4.69, 9.17) is 4.74 Å². The number of hydrogen-bond acceptors (Lipinski definition) is 4. The molecule has 0 atom stereocenters. The Morgan fingerprint density at radius 3 is 2.55 bits per heavy atom. The van der Waals surface area contributed by atoms with Crippen molar-refractivity contribution in [2.75, 3.05) is 19.7 Å². The maximum Gasteiger partial charge on any atom is 0.266 e. The second-order valence-electron chi connectivity index (χ2n) is 6.67. The molecule has 1 aliphatic heterocycles. The molecule has 0 aliphatic carbocycles. The number of hydrogen-bond donors (Lipinski definition) is 0. The number of aromatic nitrogens is 1. The van der Waals surface area contributed by atoms with Gasteiger partial charge in [0.05, 0.1) is 4.91 Å². The molecule has 2 aromatic rings. The Morgan fingerprint density at radius 2 is 1.93 bits per heavy atom. The van der Waals surface area contributed by atoms with Crippen molar-refractivity contribution in [1.29, 1.82) is 0 Å².